The third kappa shape index (κ3) is 2.95. The minimum absolute atomic E-state index is 0.516. The van der Waals surface area contributed by atoms with Gasteiger partial charge in [-0.1, -0.05) is 11.6 Å². The third-order valence-electron chi connectivity index (χ3n) is 2.40. The van der Waals surface area contributed by atoms with Crippen molar-refractivity contribution in [2.24, 2.45) is 0 Å². The van der Waals surface area contributed by atoms with Crippen LogP contribution in [0.5, 0.6) is 0 Å². The molecule has 2 nitrogen and oxygen atoms in total. The number of thiophene rings is 1. The number of halogens is 1. The lowest BCUT2D eigenvalue weighted by atomic mass is 10.1. The van der Waals surface area contributed by atoms with E-state index in [9.17, 15) is 0 Å². The minimum Gasteiger partial charge on any atom is -0.379 e. The molecule has 0 spiro atoms. The molecule has 2 heterocycles. The van der Waals surface area contributed by atoms with Crippen molar-refractivity contribution < 1.29 is 4.74 Å². The van der Waals surface area contributed by atoms with E-state index >= 15 is 0 Å². The highest BCUT2D eigenvalue weighted by Crippen LogP contribution is 2.21. The van der Waals surface area contributed by atoms with Crippen molar-refractivity contribution in [1.29, 1.82) is 0 Å². The highest BCUT2D eigenvalue weighted by atomic mass is 35.5. The van der Waals surface area contributed by atoms with E-state index in [-0.39, 0.29) is 0 Å². The second-order valence-electron chi connectivity index (χ2n) is 3.52. The molecule has 14 heavy (non-hydrogen) atoms. The Hall–Kier alpha value is -0.0900. The maximum atomic E-state index is 5.86. The maximum Gasteiger partial charge on any atom is 0.0931 e. The summed E-state index contributed by atoms with van der Waals surface area (Å²) in [7, 11) is 0. The van der Waals surface area contributed by atoms with Crippen LogP contribution in [-0.2, 0) is 11.2 Å². The van der Waals surface area contributed by atoms with Gasteiger partial charge in [-0.05, 0) is 29.9 Å². The zero-order chi connectivity index (χ0) is 9.80. The fourth-order valence-corrected chi connectivity index (χ4v) is 2.57. The lowest BCUT2D eigenvalue weighted by molar-refractivity contribution is 0.0743. The fourth-order valence-electron chi connectivity index (χ4n) is 1.62. The van der Waals surface area contributed by atoms with Gasteiger partial charge in [0.05, 0.1) is 17.6 Å². The molecule has 0 aromatic carbocycles. The van der Waals surface area contributed by atoms with Gasteiger partial charge in [0.1, 0.15) is 0 Å². The summed E-state index contributed by atoms with van der Waals surface area (Å²) in [6.07, 6.45) is 2.22. The molecule has 0 radical (unpaired) electrons. The maximum absolute atomic E-state index is 5.86. The highest BCUT2D eigenvalue weighted by Gasteiger charge is 2.12. The smallest absolute Gasteiger partial charge is 0.0931 e. The predicted octanol–water partition coefficient (Wildman–Crippen LogP) is 2.32. The van der Waals surface area contributed by atoms with Gasteiger partial charge in [-0.2, -0.15) is 0 Å². The van der Waals surface area contributed by atoms with Crippen molar-refractivity contribution in [1.82, 2.24) is 5.32 Å². The van der Waals surface area contributed by atoms with Gasteiger partial charge in [-0.25, -0.2) is 0 Å². The Morgan fingerprint density at radius 2 is 2.57 bits per heavy atom. The summed E-state index contributed by atoms with van der Waals surface area (Å²) in [5.74, 6) is 0. The van der Waals surface area contributed by atoms with Gasteiger partial charge in [0.25, 0.3) is 0 Å². The van der Waals surface area contributed by atoms with Gasteiger partial charge < -0.3 is 10.1 Å². The van der Waals surface area contributed by atoms with Crippen LogP contribution in [0.2, 0.25) is 4.34 Å². The van der Waals surface area contributed by atoms with E-state index in [2.05, 4.69) is 16.8 Å². The SMILES string of the molecule is Clc1cc(CCC2COCCN2)cs1. The van der Waals surface area contributed by atoms with Crippen LogP contribution in [0.25, 0.3) is 0 Å². The van der Waals surface area contributed by atoms with Crippen LogP contribution < -0.4 is 5.32 Å². The number of morpholine rings is 1. The molecule has 1 atom stereocenters. The molecular formula is C10H14ClNOS. The third-order valence-corrected chi connectivity index (χ3v) is 3.54. The van der Waals surface area contributed by atoms with Gasteiger partial charge in [-0.3, -0.25) is 0 Å². The molecule has 0 amide bonds. The molecule has 1 aliphatic rings. The Morgan fingerprint density at radius 3 is 3.21 bits per heavy atom. The van der Waals surface area contributed by atoms with Gasteiger partial charge in [0.2, 0.25) is 0 Å². The molecule has 0 bridgehead atoms. The van der Waals surface area contributed by atoms with E-state index in [1.165, 1.54) is 5.56 Å². The number of nitrogens with one attached hydrogen (secondary N) is 1. The van der Waals surface area contributed by atoms with Crippen LogP contribution in [0.15, 0.2) is 11.4 Å². The summed E-state index contributed by atoms with van der Waals surface area (Å²) in [6, 6.07) is 2.57. The largest absolute Gasteiger partial charge is 0.379 e. The van der Waals surface area contributed by atoms with Crippen LogP contribution in [0.3, 0.4) is 0 Å². The van der Waals surface area contributed by atoms with Crippen LogP contribution in [-0.4, -0.2) is 25.8 Å². The molecule has 1 aliphatic heterocycles. The second-order valence-corrected chi connectivity index (χ2v) is 5.07. The summed E-state index contributed by atoms with van der Waals surface area (Å²) in [5.41, 5.74) is 1.34. The number of rotatable bonds is 3. The van der Waals surface area contributed by atoms with Crippen molar-refractivity contribution in [2.75, 3.05) is 19.8 Å². The molecule has 1 N–H and O–H groups in total. The zero-order valence-electron chi connectivity index (χ0n) is 7.96. The average molecular weight is 232 g/mol. The van der Waals surface area contributed by atoms with Crippen molar-refractivity contribution in [3.63, 3.8) is 0 Å². The topological polar surface area (TPSA) is 21.3 Å². The minimum atomic E-state index is 0.516. The van der Waals surface area contributed by atoms with Crippen LogP contribution in [0.1, 0.15) is 12.0 Å². The lowest BCUT2D eigenvalue weighted by Crippen LogP contribution is -2.41. The molecule has 1 aromatic rings. The second kappa shape index (κ2) is 5.12. The van der Waals surface area contributed by atoms with E-state index in [4.69, 9.17) is 16.3 Å². The zero-order valence-corrected chi connectivity index (χ0v) is 9.53. The molecular weight excluding hydrogens is 218 g/mol. The summed E-state index contributed by atoms with van der Waals surface area (Å²) in [4.78, 5) is 0. The van der Waals surface area contributed by atoms with Crippen LogP contribution in [0, 0.1) is 0 Å². The number of hydrogen-bond donors (Lipinski definition) is 1. The van der Waals surface area contributed by atoms with Crippen molar-refractivity contribution in [3.8, 4) is 0 Å². The lowest BCUT2D eigenvalue weighted by Gasteiger charge is -2.23. The molecule has 1 saturated heterocycles. The summed E-state index contributed by atoms with van der Waals surface area (Å²) in [6.45, 7) is 2.67. The normalized spacial score (nSPS) is 22.5. The van der Waals surface area contributed by atoms with Gasteiger partial charge in [0.15, 0.2) is 0 Å². The number of ether oxygens (including phenoxy) is 1. The Labute approximate surface area is 93.2 Å². The standard InChI is InChI=1S/C10H14ClNOS/c11-10-5-8(7-14-10)1-2-9-6-13-4-3-12-9/h5,7,9,12H,1-4,6H2. The molecule has 1 unspecified atom stereocenters. The van der Waals surface area contributed by atoms with E-state index in [1.807, 2.05) is 0 Å². The van der Waals surface area contributed by atoms with Crippen LogP contribution in [0.4, 0.5) is 0 Å². The highest BCUT2D eigenvalue weighted by molar-refractivity contribution is 7.14. The molecule has 0 aliphatic carbocycles. The van der Waals surface area contributed by atoms with E-state index in [0.29, 0.717) is 6.04 Å². The predicted molar refractivity (Wildman–Crippen MR) is 60.3 cm³/mol. The molecule has 2 rings (SSSR count). The Kier molecular flexibility index (Phi) is 3.81. The summed E-state index contributed by atoms with van der Waals surface area (Å²) < 4.78 is 6.27. The van der Waals surface area contributed by atoms with E-state index in [0.717, 1.165) is 36.9 Å². The van der Waals surface area contributed by atoms with Gasteiger partial charge in [0, 0.05) is 12.6 Å². The first-order valence-corrected chi connectivity index (χ1v) is 6.14. The first-order valence-electron chi connectivity index (χ1n) is 4.88. The summed E-state index contributed by atoms with van der Waals surface area (Å²) >= 11 is 7.46. The number of aryl methyl sites for hydroxylation is 1. The molecule has 1 aromatic heterocycles. The monoisotopic (exact) mass is 231 g/mol. The Bertz CT molecular complexity index is 283. The fraction of sp³-hybridized carbons (Fsp3) is 0.600. The average Bonchev–Trinajstić information content (AvgIpc) is 2.63. The number of hydrogen-bond acceptors (Lipinski definition) is 3. The van der Waals surface area contributed by atoms with E-state index in [1.54, 1.807) is 11.3 Å². The van der Waals surface area contributed by atoms with Crippen molar-refractivity contribution in [3.05, 3.63) is 21.3 Å². The first-order chi connectivity index (χ1) is 6.84. The van der Waals surface area contributed by atoms with E-state index < -0.39 is 0 Å². The molecule has 0 saturated carbocycles. The van der Waals surface area contributed by atoms with Crippen molar-refractivity contribution >= 4 is 22.9 Å². The quantitative estimate of drug-likeness (QED) is 0.862. The van der Waals surface area contributed by atoms with Crippen molar-refractivity contribution in [2.45, 2.75) is 18.9 Å². The Morgan fingerprint density at radius 1 is 1.64 bits per heavy atom. The first kappa shape index (κ1) is 10.4. The molecule has 78 valence electrons. The summed E-state index contributed by atoms with van der Waals surface area (Å²) in [5, 5.41) is 5.57. The van der Waals surface area contributed by atoms with Gasteiger partial charge >= 0.3 is 0 Å². The molecule has 1 fully saturated rings. The van der Waals surface area contributed by atoms with Gasteiger partial charge in [-0.15, -0.1) is 11.3 Å². The molecule has 4 heteroatoms. The van der Waals surface area contributed by atoms with Crippen LogP contribution >= 0.6 is 22.9 Å². The Balaban J connectivity index is 1.76.